The number of hydrogen-bond donors (Lipinski definition) is 0. The predicted octanol–water partition coefficient (Wildman–Crippen LogP) is 4.16. The van der Waals surface area contributed by atoms with Crippen LogP contribution in [0.1, 0.15) is 23.0 Å². The summed E-state index contributed by atoms with van der Waals surface area (Å²) in [7, 11) is 0. The molecule has 0 aliphatic heterocycles. The molecule has 24 heavy (non-hydrogen) atoms. The predicted molar refractivity (Wildman–Crippen MR) is 93.3 cm³/mol. The van der Waals surface area contributed by atoms with Crippen LogP contribution in [-0.4, -0.2) is 16.7 Å². The van der Waals surface area contributed by atoms with Crippen molar-refractivity contribution in [1.82, 2.24) is 4.98 Å². The van der Waals surface area contributed by atoms with Crippen LogP contribution in [0.4, 0.5) is 0 Å². The van der Waals surface area contributed by atoms with Gasteiger partial charge in [0.15, 0.2) is 5.78 Å². The number of carbonyl (C=O) groups excluding carboxylic acids is 2. The SMILES string of the molecule is CC(=O)c1ccc(OC(=O)Cc2csc(-c3ccccc3)n2)cc1. The summed E-state index contributed by atoms with van der Waals surface area (Å²) < 4.78 is 5.28. The van der Waals surface area contributed by atoms with Crippen LogP contribution >= 0.6 is 11.3 Å². The van der Waals surface area contributed by atoms with Crippen molar-refractivity contribution >= 4 is 23.1 Å². The molecule has 120 valence electrons. The van der Waals surface area contributed by atoms with Gasteiger partial charge in [0.25, 0.3) is 0 Å². The molecule has 0 unspecified atom stereocenters. The van der Waals surface area contributed by atoms with Crippen molar-refractivity contribution in [3.63, 3.8) is 0 Å². The molecule has 3 rings (SSSR count). The third-order valence-electron chi connectivity index (χ3n) is 3.39. The highest BCUT2D eigenvalue weighted by Gasteiger charge is 2.11. The molecule has 1 heterocycles. The lowest BCUT2D eigenvalue weighted by molar-refractivity contribution is -0.133. The molecule has 3 aromatic rings. The second kappa shape index (κ2) is 7.19. The molecule has 0 N–H and O–H groups in total. The van der Waals surface area contributed by atoms with Gasteiger partial charge in [0.2, 0.25) is 0 Å². The quantitative estimate of drug-likeness (QED) is 0.398. The van der Waals surface area contributed by atoms with Crippen LogP contribution < -0.4 is 4.74 Å². The van der Waals surface area contributed by atoms with Gasteiger partial charge in [0.1, 0.15) is 10.8 Å². The number of esters is 1. The number of Topliss-reactive ketones (excluding diaryl/α,β-unsaturated/α-hetero) is 1. The van der Waals surface area contributed by atoms with Gasteiger partial charge in [-0.15, -0.1) is 11.3 Å². The van der Waals surface area contributed by atoms with Gasteiger partial charge in [0.05, 0.1) is 12.1 Å². The van der Waals surface area contributed by atoms with Gasteiger partial charge in [-0.3, -0.25) is 9.59 Å². The molecule has 1 aromatic heterocycles. The summed E-state index contributed by atoms with van der Waals surface area (Å²) in [6.07, 6.45) is 0.109. The Morgan fingerprint density at radius 3 is 2.42 bits per heavy atom. The van der Waals surface area contributed by atoms with E-state index in [2.05, 4.69) is 4.98 Å². The minimum Gasteiger partial charge on any atom is -0.426 e. The van der Waals surface area contributed by atoms with Crippen LogP contribution in [-0.2, 0) is 11.2 Å². The van der Waals surface area contributed by atoms with Gasteiger partial charge < -0.3 is 4.74 Å². The fourth-order valence-electron chi connectivity index (χ4n) is 2.17. The topological polar surface area (TPSA) is 56.3 Å². The maximum Gasteiger partial charge on any atom is 0.317 e. The van der Waals surface area contributed by atoms with E-state index < -0.39 is 0 Å². The maximum atomic E-state index is 12.0. The average Bonchev–Trinajstić information content (AvgIpc) is 3.04. The van der Waals surface area contributed by atoms with E-state index in [4.69, 9.17) is 4.74 Å². The molecule has 0 spiro atoms. The van der Waals surface area contributed by atoms with E-state index >= 15 is 0 Å². The lowest BCUT2D eigenvalue weighted by Crippen LogP contribution is -2.11. The molecule has 0 saturated carbocycles. The third kappa shape index (κ3) is 3.94. The second-order valence-corrected chi connectivity index (χ2v) is 6.10. The monoisotopic (exact) mass is 337 g/mol. The summed E-state index contributed by atoms with van der Waals surface area (Å²) in [4.78, 5) is 27.7. The zero-order valence-electron chi connectivity index (χ0n) is 13.1. The van der Waals surface area contributed by atoms with Crippen LogP contribution in [0, 0.1) is 0 Å². The number of hydrogen-bond acceptors (Lipinski definition) is 5. The van der Waals surface area contributed by atoms with E-state index in [1.807, 2.05) is 35.7 Å². The Morgan fingerprint density at radius 1 is 1.04 bits per heavy atom. The minimum atomic E-state index is -0.379. The van der Waals surface area contributed by atoms with Crippen molar-refractivity contribution in [3.8, 4) is 16.3 Å². The van der Waals surface area contributed by atoms with E-state index in [9.17, 15) is 9.59 Å². The first-order valence-electron chi connectivity index (χ1n) is 7.43. The summed E-state index contributed by atoms with van der Waals surface area (Å²) in [5.74, 6) is 0.0165. The molecule has 5 heteroatoms. The standard InChI is InChI=1S/C19H15NO3S/c1-13(21)14-7-9-17(10-8-14)23-18(22)11-16-12-24-19(20-16)15-5-3-2-4-6-15/h2-10,12H,11H2,1H3. The molecule has 0 amide bonds. The maximum absolute atomic E-state index is 12.0. The Kier molecular flexibility index (Phi) is 4.82. The molecule has 0 saturated heterocycles. The van der Waals surface area contributed by atoms with E-state index in [-0.39, 0.29) is 18.2 Å². The molecular weight excluding hydrogens is 322 g/mol. The summed E-state index contributed by atoms with van der Waals surface area (Å²) in [5, 5.41) is 2.74. The van der Waals surface area contributed by atoms with Crippen LogP contribution in [0.3, 0.4) is 0 Å². The van der Waals surface area contributed by atoms with Crippen LogP contribution in [0.25, 0.3) is 10.6 Å². The van der Waals surface area contributed by atoms with E-state index in [0.29, 0.717) is 17.0 Å². The number of carbonyl (C=O) groups is 2. The van der Waals surface area contributed by atoms with Gasteiger partial charge in [0, 0.05) is 16.5 Å². The first-order chi connectivity index (χ1) is 11.6. The minimum absolute atomic E-state index is 0.0243. The van der Waals surface area contributed by atoms with Crippen molar-refractivity contribution in [2.24, 2.45) is 0 Å². The van der Waals surface area contributed by atoms with Crippen molar-refractivity contribution in [3.05, 3.63) is 71.2 Å². The number of ether oxygens (including phenoxy) is 1. The second-order valence-electron chi connectivity index (χ2n) is 5.24. The highest BCUT2D eigenvalue weighted by Crippen LogP contribution is 2.23. The number of aromatic nitrogens is 1. The third-order valence-corrected chi connectivity index (χ3v) is 4.33. The van der Waals surface area contributed by atoms with Gasteiger partial charge >= 0.3 is 5.97 Å². The molecular formula is C19H15NO3S. The molecule has 0 aliphatic rings. The zero-order chi connectivity index (χ0) is 16.9. The molecule has 0 atom stereocenters. The van der Waals surface area contributed by atoms with E-state index in [1.54, 1.807) is 24.3 Å². The average molecular weight is 337 g/mol. The Labute approximate surface area is 143 Å². The van der Waals surface area contributed by atoms with Crippen LogP contribution in [0.5, 0.6) is 5.75 Å². The molecule has 4 nitrogen and oxygen atoms in total. The normalized spacial score (nSPS) is 10.4. The van der Waals surface area contributed by atoms with Gasteiger partial charge in [-0.2, -0.15) is 0 Å². The molecule has 0 radical (unpaired) electrons. The Hall–Kier alpha value is -2.79. The first-order valence-corrected chi connectivity index (χ1v) is 8.31. The lowest BCUT2D eigenvalue weighted by atomic mass is 10.1. The van der Waals surface area contributed by atoms with Crippen LogP contribution in [0.2, 0.25) is 0 Å². The molecule has 0 bridgehead atoms. The molecule has 0 fully saturated rings. The highest BCUT2D eigenvalue weighted by atomic mass is 32.1. The summed E-state index contributed by atoms with van der Waals surface area (Å²) in [5.41, 5.74) is 2.30. The fraction of sp³-hybridized carbons (Fsp3) is 0.105. The van der Waals surface area contributed by atoms with Gasteiger partial charge in [-0.1, -0.05) is 30.3 Å². The Bertz CT molecular complexity index is 854. The number of thiazole rings is 1. The number of rotatable bonds is 5. The zero-order valence-corrected chi connectivity index (χ0v) is 13.9. The van der Waals surface area contributed by atoms with Crippen molar-refractivity contribution in [1.29, 1.82) is 0 Å². The number of benzene rings is 2. The van der Waals surface area contributed by atoms with Gasteiger partial charge in [-0.25, -0.2) is 4.98 Å². The Balaban J connectivity index is 1.63. The smallest absolute Gasteiger partial charge is 0.317 e. The molecule has 2 aromatic carbocycles. The summed E-state index contributed by atoms with van der Waals surface area (Å²) >= 11 is 1.50. The molecule has 0 aliphatic carbocycles. The summed E-state index contributed by atoms with van der Waals surface area (Å²) in [6, 6.07) is 16.3. The van der Waals surface area contributed by atoms with E-state index in [1.165, 1.54) is 18.3 Å². The van der Waals surface area contributed by atoms with Gasteiger partial charge in [-0.05, 0) is 31.2 Å². The summed E-state index contributed by atoms with van der Waals surface area (Å²) in [6.45, 7) is 1.49. The van der Waals surface area contributed by atoms with Crippen molar-refractivity contribution < 1.29 is 14.3 Å². The first kappa shape index (κ1) is 16.1. The van der Waals surface area contributed by atoms with Crippen molar-refractivity contribution in [2.45, 2.75) is 13.3 Å². The van der Waals surface area contributed by atoms with Crippen molar-refractivity contribution in [2.75, 3.05) is 0 Å². The number of nitrogens with zero attached hydrogens (tertiary/aromatic N) is 1. The van der Waals surface area contributed by atoms with E-state index in [0.717, 1.165) is 10.6 Å². The Morgan fingerprint density at radius 2 is 1.75 bits per heavy atom. The van der Waals surface area contributed by atoms with Crippen LogP contribution in [0.15, 0.2) is 60.0 Å². The fourth-order valence-corrected chi connectivity index (χ4v) is 3.00. The lowest BCUT2D eigenvalue weighted by Gasteiger charge is -2.03. The number of ketones is 1. The largest absolute Gasteiger partial charge is 0.426 e. The highest BCUT2D eigenvalue weighted by molar-refractivity contribution is 7.13.